The number of carbonyl (C=O) groups excluding carboxylic acids is 1. The molecule has 158 valence electrons. The average Bonchev–Trinajstić information content (AvgIpc) is 2.73. The summed E-state index contributed by atoms with van der Waals surface area (Å²) in [5.74, 6) is 0.0732. The molecule has 0 saturated heterocycles. The van der Waals surface area contributed by atoms with E-state index in [0.717, 1.165) is 11.6 Å². The monoisotopic (exact) mass is 418 g/mol. The van der Waals surface area contributed by atoms with Gasteiger partial charge in [-0.1, -0.05) is 18.2 Å². The molecule has 0 radical (unpaired) electrons. The fourth-order valence-electron chi connectivity index (χ4n) is 3.34. The minimum absolute atomic E-state index is 0.132. The predicted octanol–water partition coefficient (Wildman–Crippen LogP) is 4.02. The van der Waals surface area contributed by atoms with Crippen LogP contribution in [0.3, 0.4) is 0 Å². The molecule has 0 spiro atoms. The van der Waals surface area contributed by atoms with E-state index in [1.807, 2.05) is 18.2 Å². The van der Waals surface area contributed by atoms with Crippen LogP contribution in [-0.4, -0.2) is 24.1 Å². The van der Waals surface area contributed by atoms with Gasteiger partial charge in [-0.15, -0.1) is 0 Å². The van der Waals surface area contributed by atoms with Crippen LogP contribution >= 0.6 is 0 Å². The average molecular weight is 418 g/mol. The number of ether oxygens (including phenoxy) is 1. The first kappa shape index (κ1) is 21.4. The number of nitrogens with one attached hydrogen (secondary N) is 1. The lowest BCUT2D eigenvalue weighted by atomic mass is 10.1. The second-order valence-electron chi connectivity index (χ2n) is 6.71. The second-order valence-corrected chi connectivity index (χ2v) is 6.71. The van der Waals surface area contributed by atoms with E-state index >= 15 is 0 Å². The first-order valence-corrected chi connectivity index (χ1v) is 9.40. The normalized spacial score (nSPS) is 11.5. The Morgan fingerprint density at radius 2 is 1.90 bits per heavy atom. The molecule has 3 aromatic rings. The van der Waals surface area contributed by atoms with E-state index in [2.05, 4.69) is 5.32 Å². The minimum atomic E-state index is -4.61. The Labute approximate surface area is 171 Å². The molecule has 8 heteroatoms. The van der Waals surface area contributed by atoms with Crippen LogP contribution in [0, 0.1) is 0 Å². The van der Waals surface area contributed by atoms with Crippen LogP contribution in [0.5, 0.6) is 5.75 Å². The number of benzene rings is 2. The van der Waals surface area contributed by atoms with E-state index in [9.17, 15) is 22.8 Å². The summed E-state index contributed by atoms with van der Waals surface area (Å²) in [6, 6.07) is 10.8. The fourth-order valence-corrected chi connectivity index (χ4v) is 3.34. The summed E-state index contributed by atoms with van der Waals surface area (Å²) in [7, 11) is 1.56. The highest BCUT2D eigenvalue weighted by Crippen LogP contribution is 2.34. The molecule has 1 amide bonds. The molecule has 0 aliphatic heterocycles. The number of rotatable bonds is 6. The van der Waals surface area contributed by atoms with Gasteiger partial charge in [0.15, 0.2) is 0 Å². The number of methoxy groups -OCH3 is 1. The summed E-state index contributed by atoms with van der Waals surface area (Å²) in [5, 5.41) is 2.54. The smallest absolute Gasteiger partial charge is 0.418 e. The Bertz CT molecular complexity index is 1140. The van der Waals surface area contributed by atoms with E-state index in [4.69, 9.17) is 4.74 Å². The topological polar surface area (TPSA) is 60.3 Å². The van der Waals surface area contributed by atoms with E-state index in [-0.39, 0.29) is 29.6 Å². The van der Waals surface area contributed by atoms with Gasteiger partial charge in [0.25, 0.3) is 5.91 Å². The maximum absolute atomic E-state index is 13.4. The zero-order chi connectivity index (χ0) is 21.9. The highest BCUT2D eigenvalue weighted by molar-refractivity contribution is 5.97. The Kier molecular flexibility index (Phi) is 6.14. The molecule has 1 aromatic heterocycles. The standard InChI is InChI=1S/C22H21F3N2O3/c1-3-27-13-17(20(28)16-8-5-9-18(19(16)27)22(23,24)25)21(29)26-11-10-14-6-4-7-15(12-14)30-2/h4-9,12-13H,3,10-11H2,1-2H3,(H,26,29). The van der Waals surface area contributed by atoms with Gasteiger partial charge in [0.1, 0.15) is 11.3 Å². The number of hydrogen-bond acceptors (Lipinski definition) is 3. The second kappa shape index (κ2) is 8.61. The summed E-state index contributed by atoms with van der Waals surface area (Å²) in [5.41, 5.74) is -1.09. The van der Waals surface area contributed by atoms with Gasteiger partial charge in [-0.05, 0) is 43.2 Å². The van der Waals surface area contributed by atoms with Crippen LogP contribution in [-0.2, 0) is 19.1 Å². The Morgan fingerprint density at radius 3 is 2.57 bits per heavy atom. The van der Waals surface area contributed by atoms with Crippen molar-refractivity contribution in [3.63, 3.8) is 0 Å². The number of aryl methyl sites for hydroxylation is 1. The zero-order valence-corrected chi connectivity index (χ0v) is 16.5. The van der Waals surface area contributed by atoms with E-state index in [1.54, 1.807) is 20.1 Å². The van der Waals surface area contributed by atoms with Crippen LogP contribution in [0.1, 0.15) is 28.4 Å². The summed E-state index contributed by atoms with van der Waals surface area (Å²) in [4.78, 5) is 25.4. The van der Waals surface area contributed by atoms with Crippen molar-refractivity contribution in [1.82, 2.24) is 9.88 Å². The summed E-state index contributed by atoms with van der Waals surface area (Å²) in [6.07, 6.45) is -2.90. The van der Waals surface area contributed by atoms with E-state index in [1.165, 1.54) is 22.9 Å². The lowest BCUT2D eigenvalue weighted by Crippen LogP contribution is -2.31. The number of para-hydroxylation sites is 1. The number of carbonyl (C=O) groups is 1. The van der Waals surface area contributed by atoms with Crippen molar-refractivity contribution in [2.75, 3.05) is 13.7 Å². The van der Waals surface area contributed by atoms with Crippen molar-refractivity contribution in [2.45, 2.75) is 26.1 Å². The first-order chi connectivity index (χ1) is 14.3. The number of pyridine rings is 1. The highest BCUT2D eigenvalue weighted by Gasteiger charge is 2.34. The van der Waals surface area contributed by atoms with Crippen molar-refractivity contribution in [3.8, 4) is 5.75 Å². The van der Waals surface area contributed by atoms with Crippen molar-refractivity contribution in [1.29, 1.82) is 0 Å². The van der Waals surface area contributed by atoms with Gasteiger partial charge in [0, 0.05) is 24.7 Å². The molecule has 30 heavy (non-hydrogen) atoms. The molecule has 2 aromatic carbocycles. The van der Waals surface area contributed by atoms with Crippen LogP contribution in [0.2, 0.25) is 0 Å². The van der Waals surface area contributed by atoms with Crippen LogP contribution in [0.4, 0.5) is 13.2 Å². The maximum Gasteiger partial charge on any atom is 0.418 e. The number of alkyl halides is 3. The first-order valence-electron chi connectivity index (χ1n) is 9.40. The molecule has 1 heterocycles. The molecular weight excluding hydrogens is 397 g/mol. The third-order valence-corrected chi connectivity index (χ3v) is 4.82. The lowest BCUT2D eigenvalue weighted by Gasteiger charge is -2.16. The maximum atomic E-state index is 13.4. The van der Waals surface area contributed by atoms with Crippen molar-refractivity contribution >= 4 is 16.8 Å². The Morgan fingerprint density at radius 1 is 1.17 bits per heavy atom. The lowest BCUT2D eigenvalue weighted by molar-refractivity contribution is -0.136. The van der Waals surface area contributed by atoms with Crippen LogP contribution in [0.25, 0.3) is 10.9 Å². The summed E-state index contributed by atoms with van der Waals surface area (Å²) in [6.45, 7) is 2.09. The largest absolute Gasteiger partial charge is 0.497 e. The van der Waals surface area contributed by atoms with Crippen molar-refractivity contribution < 1.29 is 22.7 Å². The molecule has 0 aliphatic rings. The van der Waals surface area contributed by atoms with Crippen LogP contribution < -0.4 is 15.5 Å². The van der Waals surface area contributed by atoms with Crippen LogP contribution in [0.15, 0.2) is 53.5 Å². The van der Waals surface area contributed by atoms with Gasteiger partial charge >= 0.3 is 6.18 Å². The Balaban J connectivity index is 1.89. The number of aromatic nitrogens is 1. The third-order valence-electron chi connectivity index (χ3n) is 4.82. The number of fused-ring (bicyclic) bond motifs is 1. The SMILES string of the molecule is CCn1cc(C(=O)NCCc2cccc(OC)c2)c(=O)c2cccc(C(F)(F)F)c21. The van der Waals surface area contributed by atoms with Gasteiger partial charge in [-0.2, -0.15) is 13.2 Å². The summed E-state index contributed by atoms with van der Waals surface area (Å²) >= 11 is 0. The molecular formula is C22H21F3N2O3. The van der Waals surface area contributed by atoms with Gasteiger partial charge < -0.3 is 14.6 Å². The molecule has 1 N–H and O–H groups in total. The number of halogens is 3. The number of hydrogen-bond donors (Lipinski definition) is 1. The molecule has 0 saturated carbocycles. The molecule has 3 rings (SSSR count). The van der Waals surface area contributed by atoms with Gasteiger partial charge in [-0.3, -0.25) is 9.59 Å². The molecule has 0 atom stereocenters. The number of nitrogens with zero attached hydrogens (tertiary/aromatic N) is 1. The quantitative estimate of drug-likeness (QED) is 0.658. The fraction of sp³-hybridized carbons (Fsp3) is 0.273. The zero-order valence-electron chi connectivity index (χ0n) is 16.5. The Hall–Kier alpha value is -3.29. The summed E-state index contributed by atoms with van der Waals surface area (Å²) < 4.78 is 46.7. The predicted molar refractivity (Wildman–Crippen MR) is 108 cm³/mol. The molecule has 0 bridgehead atoms. The van der Waals surface area contributed by atoms with Gasteiger partial charge in [0.2, 0.25) is 5.43 Å². The molecule has 0 aliphatic carbocycles. The molecule has 0 unspecified atom stereocenters. The molecule has 0 fully saturated rings. The van der Waals surface area contributed by atoms with Gasteiger partial charge in [0.05, 0.1) is 18.2 Å². The van der Waals surface area contributed by atoms with Gasteiger partial charge in [-0.25, -0.2) is 0 Å². The van der Waals surface area contributed by atoms with E-state index in [0.29, 0.717) is 12.2 Å². The van der Waals surface area contributed by atoms with E-state index < -0.39 is 23.1 Å². The third kappa shape index (κ3) is 4.32. The van der Waals surface area contributed by atoms with Crippen molar-refractivity contribution in [3.05, 3.63) is 75.6 Å². The van der Waals surface area contributed by atoms with Crippen molar-refractivity contribution in [2.24, 2.45) is 0 Å². The highest BCUT2D eigenvalue weighted by atomic mass is 19.4. The minimum Gasteiger partial charge on any atom is -0.497 e. The molecule has 5 nitrogen and oxygen atoms in total. The number of amides is 1.